The standard InChI is InChI=1S/C27H34N2O5/c1-4-7-16-23(24(30)29-27(5-2,6-3)25(31)32)28-26(33)34-17-22-20-14-10-8-12-18(20)19-13-9-11-15-21(19)22/h8-15,22-23H,4-7,16-17H2,1-3H3,(H,28,33)(H,29,30)(H,31,32)/t23-/m0/s1. The Morgan fingerprint density at radius 2 is 1.53 bits per heavy atom. The van der Waals surface area contributed by atoms with Crippen molar-refractivity contribution in [1.82, 2.24) is 10.6 Å². The lowest BCUT2D eigenvalue weighted by molar-refractivity contribution is -0.148. The molecule has 7 heteroatoms. The summed E-state index contributed by atoms with van der Waals surface area (Å²) in [5, 5.41) is 15.0. The zero-order chi connectivity index (χ0) is 24.7. The van der Waals surface area contributed by atoms with Crippen molar-refractivity contribution in [3.05, 3.63) is 59.7 Å². The Hall–Kier alpha value is -3.35. The van der Waals surface area contributed by atoms with E-state index in [-0.39, 0.29) is 25.4 Å². The predicted octanol–water partition coefficient (Wildman–Crippen LogP) is 4.84. The molecule has 2 aromatic carbocycles. The summed E-state index contributed by atoms with van der Waals surface area (Å²) in [7, 11) is 0. The number of alkyl carbamates (subject to hydrolysis) is 1. The van der Waals surface area contributed by atoms with E-state index >= 15 is 0 Å². The molecule has 2 amide bonds. The Labute approximate surface area is 200 Å². The lowest BCUT2D eigenvalue weighted by Crippen LogP contribution is -2.59. The van der Waals surface area contributed by atoms with Gasteiger partial charge in [-0.3, -0.25) is 4.79 Å². The van der Waals surface area contributed by atoms with Crippen LogP contribution < -0.4 is 10.6 Å². The normalized spacial score (nSPS) is 13.5. The minimum Gasteiger partial charge on any atom is -0.480 e. The van der Waals surface area contributed by atoms with Crippen molar-refractivity contribution >= 4 is 18.0 Å². The fourth-order valence-electron chi connectivity index (χ4n) is 4.57. The molecule has 0 radical (unpaired) electrons. The molecule has 3 N–H and O–H groups in total. The fraction of sp³-hybridized carbons (Fsp3) is 0.444. The van der Waals surface area contributed by atoms with Gasteiger partial charge in [-0.2, -0.15) is 0 Å². The average molecular weight is 467 g/mol. The first-order valence-corrected chi connectivity index (χ1v) is 12.0. The second-order valence-corrected chi connectivity index (χ2v) is 8.75. The number of aliphatic carboxylic acids is 1. The summed E-state index contributed by atoms with van der Waals surface area (Å²) < 4.78 is 5.58. The topological polar surface area (TPSA) is 105 Å². The number of carbonyl (C=O) groups excluding carboxylic acids is 2. The molecule has 0 aromatic heterocycles. The van der Waals surface area contributed by atoms with Crippen molar-refractivity contribution in [2.24, 2.45) is 0 Å². The van der Waals surface area contributed by atoms with Gasteiger partial charge in [0, 0.05) is 5.92 Å². The lowest BCUT2D eigenvalue weighted by atomic mass is 9.92. The molecule has 3 rings (SSSR count). The molecule has 0 fully saturated rings. The number of hydrogen-bond donors (Lipinski definition) is 3. The van der Waals surface area contributed by atoms with E-state index in [0.29, 0.717) is 12.8 Å². The van der Waals surface area contributed by atoms with E-state index in [9.17, 15) is 19.5 Å². The van der Waals surface area contributed by atoms with E-state index in [0.717, 1.165) is 28.7 Å². The van der Waals surface area contributed by atoms with Gasteiger partial charge in [0.15, 0.2) is 0 Å². The van der Waals surface area contributed by atoms with Crippen LogP contribution in [-0.2, 0) is 14.3 Å². The van der Waals surface area contributed by atoms with Crippen LogP contribution in [0.15, 0.2) is 48.5 Å². The number of carbonyl (C=O) groups is 3. The summed E-state index contributed by atoms with van der Waals surface area (Å²) in [6.45, 7) is 5.57. The maximum Gasteiger partial charge on any atom is 0.407 e. The van der Waals surface area contributed by atoms with Gasteiger partial charge in [-0.1, -0.05) is 82.1 Å². The highest BCUT2D eigenvalue weighted by molar-refractivity contribution is 5.91. The Balaban J connectivity index is 1.69. The van der Waals surface area contributed by atoms with Gasteiger partial charge in [0.05, 0.1) is 0 Å². The summed E-state index contributed by atoms with van der Waals surface area (Å²) in [6.07, 6.45) is 1.75. The first-order chi connectivity index (χ1) is 16.4. The number of carboxylic acids is 1. The van der Waals surface area contributed by atoms with E-state index in [1.165, 1.54) is 0 Å². The smallest absolute Gasteiger partial charge is 0.407 e. The average Bonchev–Trinajstić information content (AvgIpc) is 3.17. The molecule has 0 heterocycles. The summed E-state index contributed by atoms with van der Waals surface area (Å²) in [5.74, 6) is -1.67. The van der Waals surface area contributed by atoms with E-state index in [2.05, 4.69) is 22.8 Å². The van der Waals surface area contributed by atoms with E-state index in [4.69, 9.17) is 4.74 Å². The van der Waals surface area contributed by atoms with Crippen molar-refractivity contribution in [1.29, 1.82) is 0 Å². The van der Waals surface area contributed by atoms with Gasteiger partial charge in [0.25, 0.3) is 0 Å². The number of nitrogens with one attached hydrogen (secondary N) is 2. The second-order valence-electron chi connectivity index (χ2n) is 8.75. The molecule has 0 aliphatic heterocycles. The van der Waals surface area contributed by atoms with Crippen LogP contribution in [0.1, 0.15) is 69.9 Å². The number of ether oxygens (including phenoxy) is 1. The van der Waals surface area contributed by atoms with Gasteiger partial charge < -0.3 is 20.5 Å². The molecule has 1 atom stereocenters. The maximum atomic E-state index is 13.0. The number of carboxylic acid groups (broad SMARTS) is 1. The molecule has 0 saturated carbocycles. The third kappa shape index (κ3) is 5.24. The number of benzene rings is 2. The summed E-state index contributed by atoms with van der Waals surface area (Å²) in [5.41, 5.74) is 3.13. The van der Waals surface area contributed by atoms with E-state index < -0.39 is 29.6 Å². The first-order valence-electron chi connectivity index (χ1n) is 12.0. The molecule has 0 bridgehead atoms. The van der Waals surface area contributed by atoms with Crippen LogP contribution in [0.25, 0.3) is 11.1 Å². The number of unbranched alkanes of at least 4 members (excludes halogenated alkanes) is 1. The molecule has 0 spiro atoms. The second kappa shape index (κ2) is 11.2. The van der Waals surface area contributed by atoms with Crippen molar-refractivity contribution in [3.8, 4) is 11.1 Å². The van der Waals surface area contributed by atoms with Gasteiger partial charge >= 0.3 is 12.1 Å². The van der Waals surface area contributed by atoms with Crippen LogP contribution >= 0.6 is 0 Å². The number of fused-ring (bicyclic) bond motifs is 3. The van der Waals surface area contributed by atoms with Crippen LogP contribution in [-0.4, -0.2) is 41.3 Å². The van der Waals surface area contributed by atoms with Crippen LogP contribution in [0, 0.1) is 0 Å². The Morgan fingerprint density at radius 3 is 2.03 bits per heavy atom. The minimum atomic E-state index is -1.36. The highest BCUT2D eigenvalue weighted by Gasteiger charge is 2.38. The molecule has 7 nitrogen and oxygen atoms in total. The maximum absolute atomic E-state index is 13.0. The monoisotopic (exact) mass is 466 g/mol. The van der Waals surface area contributed by atoms with Crippen molar-refractivity contribution in [2.75, 3.05) is 6.61 Å². The zero-order valence-corrected chi connectivity index (χ0v) is 20.1. The van der Waals surface area contributed by atoms with Gasteiger partial charge in [0.2, 0.25) is 5.91 Å². The Bertz CT molecular complexity index is 986. The highest BCUT2D eigenvalue weighted by atomic mass is 16.5. The van der Waals surface area contributed by atoms with Crippen LogP contribution in [0.4, 0.5) is 4.79 Å². The highest BCUT2D eigenvalue weighted by Crippen LogP contribution is 2.44. The van der Waals surface area contributed by atoms with Crippen molar-refractivity contribution in [3.63, 3.8) is 0 Å². The summed E-state index contributed by atoms with van der Waals surface area (Å²) in [4.78, 5) is 37.5. The molecule has 34 heavy (non-hydrogen) atoms. The predicted molar refractivity (Wildman–Crippen MR) is 131 cm³/mol. The fourth-order valence-corrected chi connectivity index (χ4v) is 4.57. The molecule has 182 valence electrons. The molecule has 1 aliphatic rings. The SMILES string of the molecule is CCCC[C@H](NC(=O)OCC1c2ccccc2-c2ccccc21)C(=O)NC(CC)(CC)C(=O)O. The first kappa shape index (κ1) is 25.3. The minimum absolute atomic E-state index is 0.0825. The Morgan fingerprint density at radius 1 is 0.971 bits per heavy atom. The van der Waals surface area contributed by atoms with Gasteiger partial charge in [-0.05, 0) is 41.5 Å². The molecule has 2 aromatic rings. The molecule has 0 unspecified atom stereocenters. The number of amides is 2. The zero-order valence-electron chi connectivity index (χ0n) is 20.1. The van der Waals surface area contributed by atoms with Crippen LogP contribution in [0.3, 0.4) is 0 Å². The third-order valence-electron chi connectivity index (χ3n) is 6.78. The largest absolute Gasteiger partial charge is 0.480 e. The van der Waals surface area contributed by atoms with Crippen molar-refractivity contribution in [2.45, 2.75) is 70.4 Å². The van der Waals surface area contributed by atoms with E-state index in [1.807, 2.05) is 43.3 Å². The van der Waals surface area contributed by atoms with Crippen LogP contribution in [0.2, 0.25) is 0 Å². The molecule has 1 aliphatic carbocycles. The van der Waals surface area contributed by atoms with E-state index in [1.54, 1.807) is 13.8 Å². The quantitative estimate of drug-likeness (QED) is 0.439. The molecular formula is C27H34N2O5. The van der Waals surface area contributed by atoms with Crippen LogP contribution in [0.5, 0.6) is 0 Å². The van der Waals surface area contributed by atoms with Gasteiger partial charge in [-0.15, -0.1) is 0 Å². The van der Waals surface area contributed by atoms with Gasteiger partial charge in [-0.25, -0.2) is 9.59 Å². The third-order valence-corrected chi connectivity index (χ3v) is 6.78. The van der Waals surface area contributed by atoms with Crippen molar-refractivity contribution < 1.29 is 24.2 Å². The molecule has 0 saturated heterocycles. The number of rotatable bonds is 11. The summed E-state index contributed by atoms with van der Waals surface area (Å²) >= 11 is 0. The Kier molecular flexibility index (Phi) is 8.31. The molecular weight excluding hydrogens is 432 g/mol. The number of hydrogen-bond acceptors (Lipinski definition) is 4. The van der Waals surface area contributed by atoms with Gasteiger partial charge in [0.1, 0.15) is 18.2 Å². The summed E-state index contributed by atoms with van der Waals surface area (Å²) in [6, 6.07) is 15.3. The lowest BCUT2D eigenvalue weighted by Gasteiger charge is -2.30.